The number of ether oxygens (including phenoxy) is 1. The van der Waals surface area contributed by atoms with Gasteiger partial charge in [-0.15, -0.1) is 24.8 Å². The largest absolute Gasteiger partial charge is 0.375 e. The molecule has 0 aromatic carbocycles. The SMILES string of the molecule is CC(C)[C@H]1CN2C[C@@H](NC(=O)[C@@H](N)Cc3cnc[nH]3)C[C@H]2CO1.Cl.Cl. The second kappa shape index (κ2) is 9.73. The van der Waals surface area contributed by atoms with Crippen LogP contribution in [0.25, 0.3) is 0 Å². The van der Waals surface area contributed by atoms with Crippen LogP contribution in [0.5, 0.6) is 0 Å². The lowest BCUT2D eigenvalue weighted by Gasteiger charge is -2.36. The van der Waals surface area contributed by atoms with Gasteiger partial charge < -0.3 is 20.8 Å². The quantitative estimate of drug-likeness (QED) is 0.685. The summed E-state index contributed by atoms with van der Waals surface area (Å²) >= 11 is 0. The van der Waals surface area contributed by atoms with Gasteiger partial charge in [-0.25, -0.2) is 4.98 Å². The molecular formula is C16H29Cl2N5O2. The fourth-order valence-electron chi connectivity index (χ4n) is 3.44. The van der Waals surface area contributed by atoms with Crippen LogP contribution in [0.4, 0.5) is 0 Å². The number of imidazole rings is 1. The highest BCUT2D eigenvalue weighted by molar-refractivity contribution is 5.85. The van der Waals surface area contributed by atoms with E-state index in [0.29, 0.717) is 24.5 Å². The highest BCUT2D eigenvalue weighted by Crippen LogP contribution is 2.25. The van der Waals surface area contributed by atoms with Gasteiger partial charge in [0.2, 0.25) is 5.91 Å². The number of H-pyrrole nitrogens is 1. The van der Waals surface area contributed by atoms with Gasteiger partial charge in [0.05, 0.1) is 25.1 Å². The summed E-state index contributed by atoms with van der Waals surface area (Å²) in [5.41, 5.74) is 6.88. The Balaban J connectivity index is 0.00000156. The molecule has 0 saturated carbocycles. The van der Waals surface area contributed by atoms with Gasteiger partial charge in [0.15, 0.2) is 0 Å². The van der Waals surface area contributed by atoms with Crippen molar-refractivity contribution < 1.29 is 9.53 Å². The van der Waals surface area contributed by atoms with Crippen LogP contribution in [0.15, 0.2) is 12.5 Å². The van der Waals surface area contributed by atoms with E-state index in [-0.39, 0.29) is 36.8 Å². The molecule has 7 nitrogen and oxygen atoms in total. The van der Waals surface area contributed by atoms with Gasteiger partial charge in [0, 0.05) is 43.5 Å². The van der Waals surface area contributed by atoms with Crippen LogP contribution in [-0.4, -0.2) is 64.7 Å². The Kier molecular flexibility index (Phi) is 8.63. The van der Waals surface area contributed by atoms with Crippen LogP contribution < -0.4 is 11.1 Å². The Morgan fingerprint density at radius 2 is 2.24 bits per heavy atom. The molecule has 0 spiro atoms. The number of nitrogens with one attached hydrogen (secondary N) is 2. The third-order valence-electron chi connectivity index (χ3n) is 4.87. The van der Waals surface area contributed by atoms with Crippen molar-refractivity contribution in [2.45, 2.75) is 50.9 Å². The molecule has 0 unspecified atom stereocenters. The van der Waals surface area contributed by atoms with Gasteiger partial charge >= 0.3 is 0 Å². The van der Waals surface area contributed by atoms with Crippen molar-refractivity contribution >= 4 is 30.7 Å². The highest BCUT2D eigenvalue weighted by atomic mass is 35.5. The molecule has 144 valence electrons. The van der Waals surface area contributed by atoms with Gasteiger partial charge in [0.1, 0.15) is 0 Å². The molecule has 1 aromatic heterocycles. The standard InChI is InChI=1S/C16H27N5O2.2ClH/c1-10(2)15-7-21-6-12(3-13(21)8-23-15)20-16(22)14(17)4-11-5-18-9-19-11;;/h5,9-10,12-15H,3-4,6-8,17H2,1-2H3,(H,18,19)(H,20,22);2*1H/t12-,13-,14-,15+;;/m0../s1. The van der Waals surface area contributed by atoms with E-state index in [1.807, 2.05) is 0 Å². The number of hydrogen-bond acceptors (Lipinski definition) is 5. The zero-order valence-electron chi connectivity index (χ0n) is 14.7. The summed E-state index contributed by atoms with van der Waals surface area (Å²) in [5, 5.41) is 3.10. The number of aromatic amines is 1. The van der Waals surface area contributed by atoms with Crippen LogP contribution in [0, 0.1) is 5.92 Å². The first kappa shape index (κ1) is 22.2. The van der Waals surface area contributed by atoms with Crippen molar-refractivity contribution in [1.82, 2.24) is 20.2 Å². The number of carbonyl (C=O) groups excluding carboxylic acids is 1. The smallest absolute Gasteiger partial charge is 0.237 e. The third kappa shape index (κ3) is 5.56. The monoisotopic (exact) mass is 393 g/mol. The fraction of sp³-hybridized carbons (Fsp3) is 0.750. The van der Waals surface area contributed by atoms with Gasteiger partial charge in [-0.1, -0.05) is 13.8 Å². The van der Waals surface area contributed by atoms with E-state index in [9.17, 15) is 4.79 Å². The number of rotatable bonds is 5. The highest BCUT2D eigenvalue weighted by Gasteiger charge is 2.38. The molecule has 4 N–H and O–H groups in total. The lowest BCUT2D eigenvalue weighted by Crippen LogP contribution is -2.49. The first-order valence-electron chi connectivity index (χ1n) is 8.41. The summed E-state index contributed by atoms with van der Waals surface area (Å²) in [5.74, 6) is 0.429. The predicted molar refractivity (Wildman–Crippen MR) is 101 cm³/mol. The molecule has 3 heterocycles. The zero-order chi connectivity index (χ0) is 16.4. The minimum absolute atomic E-state index is 0. The molecule has 2 saturated heterocycles. The Morgan fingerprint density at radius 3 is 2.88 bits per heavy atom. The molecule has 2 aliphatic heterocycles. The normalized spacial score (nSPS) is 27.1. The number of nitrogens with zero attached hydrogens (tertiary/aromatic N) is 2. The maximum Gasteiger partial charge on any atom is 0.237 e. The number of amides is 1. The Morgan fingerprint density at radius 1 is 1.48 bits per heavy atom. The maximum absolute atomic E-state index is 12.3. The minimum atomic E-state index is -0.548. The summed E-state index contributed by atoms with van der Waals surface area (Å²) in [4.78, 5) is 21.6. The van der Waals surface area contributed by atoms with Crippen LogP contribution >= 0.6 is 24.8 Å². The van der Waals surface area contributed by atoms with Crippen molar-refractivity contribution in [2.75, 3.05) is 19.7 Å². The lowest BCUT2D eigenvalue weighted by atomic mass is 10.0. The molecular weight excluding hydrogens is 365 g/mol. The maximum atomic E-state index is 12.3. The number of fused-ring (bicyclic) bond motifs is 1. The van der Waals surface area contributed by atoms with Gasteiger partial charge in [-0.05, 0) is 12.3 Å². The number of hydrogen-bond donors (Lipinski definition) is 3. The molecule has 1 amide bonds. The first-order valence-corrected chi connectivity index (χ1v) is 8.41. The molecule has 1 aromatic rings. The number of nitrogens with two attached hydrogens (primary N) is 1. The predicted octanol–water partition coefficient (Wildman–Crippen LogP) is 0.737. The van der Waals surface area contributed by atoms with Crippen molar-refractivity contribution in [3.05, 3.63) is 18.2 Å². The lowest BCUT2D eigenvalue weighted by molar-refractivity contribution is -0.123. The molecule has 0 radical (unpaired) electrons. The van der Waals surface area contributed by atoms with E-state index >= 15 is 0 Å². The summed E-state index contributed by atoms with van der Waals surface area (Å²) in [6, 6.07) is 0.0294. The van der Waals surface area contributed by atoms with Crippen LogP contribution in [-0.2, 0) is 16.0 Å². The average Bonchev–Trinajstić information content (AvgIpc) is 3.14. The topological polar surface area (TPSA) is 96.3 Å². The van der Waals surface area contributed by atoms with Gasteiger partial charge in [0.25, 0.3) is 0 Å². The van der Waals surface area contributed by atoms with Gasteiger partial charge in [-0.2, -0.15) is 0 Å². The molecule has 0 bridgehead atoms. The van der Waals surface area contributed by atoms with Crippen molar-refractivity contribution in [2.24, 2.45) is 11.7 Å². The second-order valence-corrected chi connectivity index (χ2v) is 7.05. The van der Waals surface area contributed by atoms with E-state index in [1.165, 1.54) is 0 Å². The van der Waals surface area contributed by atoms with E-state index in [2.05, 4.69) is 34.0 Å². The van der Waals surface area contributed by atoms with E-state index in [4.69, 9.17) is 10.5 Å². The second-order valence-electron chi connectivity index (χ2n) is 7.05. The minimum Gasteiger partial charge on any atom is -0.375 e. The Hall–Kier alpha value is -0.860. The number of morpholine rings is 1. The van der Waals surface area contributed by atoms with Crippen LogP contribution in [0.2, 0.25) is 0 Å². The average molecular weight is 394 g/mol. The summed E-state index contributed by atoms with van der Waals surface area (Å²) < 4.78 is 5.93. The number of halogens is 2. The van der Waals surface area contributed by atoms with E-state index < -0.39 is 6.04 Å². The summed E-state index contributed by atoms with van der Waals surface area (Å²) in [6.07, 6.45) is 5.01. The molecule has 25 heavy (non-hydrogen) atoms. The van der Waals surface area contributed by atoms with E-state index in [1.54, 1.807) is 12.5 Å². The van der Waals surface area contributed by atoms with Gasteiger partial charge in [-0.3, -0.25) is 9.69 Å². The zero-order valence-corrected chi connectivity index (χ0v) is 16.3. The molecule has 0 aliphatic carbocycles. The van der Waals surface area contributed by atoms with Crippen LogP contribution in [0.3, 0.4) is 0 Å². The van der Waals surface area contributed by atoms with Crippen molar-refractivity contribution in [3.63, 3.8) is 0 Å². The van der Waals surface area contributed by atoms with Crippen molar-refractivity contribution in [1.29, 1.82) is 0 Å². The molecule has 9 heteroatoms. The van der Waals surface area contributed by atoms with Crippen LogP contribution in [0.1, 0.15) is 26.0 Å². The Bertz CT molecular complexity index is 529. The molecule has 2 fully saturated rings. The van der Waals surface area contributed by atoms with Crippen molar-refractivity contribution in [3.8, 4) is 0 Å². The Labute approximate surface area is 161 Å². The number of carbonyl (C=O) groups is 1. The summed E-state index contributed by atoms with van der Waals surface area (Å²) in [7, 11) is 0. The molecule has 3 rings (SSSR count). The third-order valence-corrected chi connectivity index (χ3v) is 4.87. The number of aromatic nitrogens is 2. The molecule has 4 atom stereocenters. The molecule has 2 aliphatic rings. The summed E-state index contributed by atoms with van der Waals surface area (Å²) in [6.45, 7) is 6.98. The van der Waals surface area contributed by atoms with E-state index in [0.717, 1.165) is 31.8 Å². The fourth-order valence-corrected chi connectivity index (χ4v) is 3.44. The first-order chi connectivity index (χ1) is 11.0.